The van der Waals surface area contributed by atoms with Crippen molar-refractivity contribution >= 4 is 39.6 Å². The summed E-state index contributed by atoms with van der Waals surface area (Å²) in [5.74, 6) is -0.450. The maximum absolute atomic E-state index is 12.1. The Kier molecular flexibility index (Phi) is 6.09. The molecule has 0 aliphatic heterocycles. The molecule has 8 heteroatoms. The van der Waals surface area contributed by atoms with Gasteiger partial charge in [0.25, 0.3) is 0 Å². The summed E-state index contributed by atoms with van der Waals surface area (Å²) in [5.41, 5.74) is 6.63. The molecule has 24 heavy (non-hydrogen) atoms. The fraction of sp³-hybridized carbons (Fsp3) is 0.438. The zero-order chi connectivity index (χ0) is 17.9. The standard InChI is InChI=1S/C16H22N4O2S2/c1-8(9(2)17)15(22)20-16-19-14(10(3)23-16)13-6-5-12(24-13)7-18-11(4)21/h5-6,8-9H,7,17H2,1-4H3,(H,18,21)(H,19,20,22). The van der Waals surface area contributed by atoms with Crippen LogP contribution < -0.4 is 16.4 Å². The number of carbonyl (C=O) groups excluding carboxylic acids is 2. The van der Waals surface area contributed by atoms with Crippen molar-refractivity contribution in [2.24, 2.45) is 11.7 Å². The number of aryl methyl sites for hydroxylation is 1. The van der Waals surface area contributed by atoms with Crippen LogP contribution in [0.2, 0.25) is 0 Å². The van der Waals surface area contributed by atoms with Gasteiger partial charge >= 0.3 is 0 Å². The third-order valence-electron chi connectivity index (χ3n) is 3.64. The molecule has 2 atom stereocenters. The van der Waals surface area contributed by atoms with Crippen molar-refractivity contribution in [2.75, 3.05) is 5.32 Å². The molecule has 0 fully saturated rings. The average Bonchev–Trinajstić information content (AvgIpc) is 3.10. The molecular formula is C16H22N4O2S2. The van der Waals surface area contributed by atoms with Gasteiger partial charge in [-0.25, -0.2) is 4.98 Å². The highest BCUT2D eigenvalue weighted by Gasteiger charge is 2.19. The Bertz CT molecular complexity index is 736. The van der Waals surface area contributed by atoms with Gasteiger partial charge < -0.3 is 16.4 Å². The number of rotatable bonds is 6. The second-order valence-corrected chi connectivity index (χ2v) is 8.11. The first-order valence-corrected chi connectivity index (χ1v) is 9.28. The smallest absolute Gasteiger partial charge is 0.230 e. The van der Waals surface area contributed by atoms with E-state index in [1.54, 1.807) is 18.3 Å². The number of thiophene rings is 1. The number of aromatic nitrogens is 1. The van der Waals surface area contributed by atoms with Gasteiger partial charge in [-0.3, -0.25) is 9.59 Å². The number of thiazole rings is 1. The lowest BCUT2D eigenvalue weighted by molar-refractivity contribution is -0.120. The molecule has 0 saturated heterocycles. The molecule has 2 amide bonds. The zero-order valence-corrected chi connectivity index (χ0v) is 15.8. The second kappa shape index (κ2) is 7.87. The molecule has 0 aromatic carbocycles. The molecular weight excluding hydrogens is 344 g/mol. The first kappa shape index (κ1) is 18.6. The van der Waals surface area contributed by atoms with Gasteiger partial charge in [-0.2, -0.15) is 0 Å². The molecule has 2 heterocycles. The van der Waals surface area contributed by atoms with E-state index in [1.807, 2.05) is 26.0 Å². The molecule has 0 bridgehead atoms. The van der Waals surface area contributed by atoms with E-state index in [2.05, 4.69) is 15.6 Å². The van der Waals surface area contributed by atoms with E-state index in [9.17, 15) is 9.59 Å². The van der Waals surface area contributed by atoms with E-state index in [0.717, 1.165) is 20.3 Å². The van der Waals surface area contributed by atoms with Gasteiger partial charge in [-0.15, -0.1) is 22.7 Å². The summed E-state index contributed by atoms with van der Waals surface area (Å²) in [6.45, 7) is 7.60. The minimum atomic E-state index is -0.274. The first-order valence-electron chi connectivity index (χ1n) is 7.65. The van der Waals surface area contributed by atoms with Crippen LogP contribution in [0.1, 0.15) is 30.5 Å². The normalized spacial score (nSPS) is 13.4. The van der Waals surface area contributed by atoms with Gasteiger partial charge in [0.15, 0.2) is 5.13 Å². The summed E-state index contributed by atoms with van der Waals surface area (Å²) in [7, 11) is 0. The predicted octanol–water partition coefficient (Wildman–Crippen LogP) is 2.74. The monoisotopic (exact) mass is 366 g/mol. The Hall–Kier alpha value is -1.77. The summed E-state index contributed by atoms with van der Waals surface area (Å²) in [6, 6.07) is 3.75. The Morgan fingerprint density at radius 2 is 2.00 bits per heavy atom. The van der Waals surface area contributed by atoms with Crippen molar-refractivity contribution in [3.63, 3.8) is 0 Å². The van der Waals surface area contributed by atoms with Crippen molar-refractivity contribution in [3.05, 3.63) is 21.9 Å². The Morgan fingerprint density at radius 1 is 1.29 bits per heavy atom. The van der Waals surface area contributed by atoms with Gasteiger partial charge in [-0.05, 0) is 26.0 Å². The third kappa shape index (κ3) is 4.62. The lowest BCUT2D eigenvalue weighted by Gasteiger charge is -2.13. The van der Waals surface area contributed by atoms with Crippen LogP contribution >= 0.6 is 22.7 Å². The van der Waals surface area contributed by atoms with Crippen molar-refractivity contribution < 1.29 is 9.59 Å². The highest BCUT2D eigenvalue weighted by molar-refractivity contribution is 7.18. The summed E-state index contributed by atoms with van der Waals surface area (Å²) in [6.07, 6.45) is 0. The van der Waals surface area contributed by atoms with E-state index in [0.29, 0.717) is 11.7 Å². The molecule has 2 aromatic heterocycles. The van der Waals surface area contributed by atoms with Crippen LogP contribution in [0, 0.1) is 12.8 Å². The molecule has 0 spiro atoms. The number of hydrogen-bond acceptors (Lipinski definition) is 6. The summed E-state index contributed by atoms with van der Waals surface area (Å²) in [5, 5.41) is 6.20. The van der Waals surface area contributed by atoms with Crippen LogP contribution in [-0.4, -0.2) is 22.8 Å². The van der Waals surface area contributed by atoms with E-state index in [4.69, 9.17) is 5.73 Å². The number of anilines is 1. The van der Waals surface area contributed by atoms with Crippen LogP contribution in [0.5, 0.6) is 0 Å². The van der Waals surface area contributed by atoms with E-state index in [-0.39, 0.29) is 23.8 Å². The summed E-state index contributed by atoms with van der Waals surface area (Å²) < 4.78 is 0. The van der Waals surface area contributed by atoms with E-state index in [1.165, 1.54) is 18.3 Å². The van der Waals surface area contributed by atoms with Crippen molar-refractivity contribution in [1.82, 2.24) is 10.3 Å². The first-order chi connectivity index (χ1) is 11.3. The highest BCUT2D eigenvalue weighted by atomic mass is 32.1. The molecule has 6 nitrogen and oxygen atoms in total. The van der Waals surface area contributed by atoms with Crippen LogP contribution in [-0.2, 0) is 16.1 Å². The maximum Gasteiger partial charge on any atom is 0.230 e. The fourth-order valence-corrected chi connectivity index (χ4v) is 3.84. The number of nitrogens with one attached hydrogen (secondary N) is 2. The summed E-state index contributed by atoms with van der Waals surface area (Å²) in [4.78, 5) is 30.7. The largest absolute Gasteiger partial charge is 0.351 e. The predicted molar refractivity (Wildman–Crippen MR) is 99.1 cm³/mol. The number of carbonyl (C=O) groups is 2. The molecule has 0 aliphatic rings. The molecule has 130 valence electrons. The average molecular weight is 367 g/mol. The van der Waals surface area contributed by atoms with E-state index >= 15 is 0 Å². The van der Waals surface area contributed by atoms with Gasteiger partial charge in [0.05, 0.1) is 23.0 Å². The quantitative estimate of drug-likeness (QED) is 0.732. The SMILES string of the molecule is CC(=O)NCc1ccc(-c2nc(NC(=O)C(C)C(C)N)sc2C)s1. The van der Waals surface area contributed by atoms with Crippen LogP contribution in [0.4, 0.5) is 5.13 Å². The molecule has 2 rings (SSSR count). The highest BCUT2D eigenvalue weighted by Crippen LogP contribution is 2.34. The van der Waals surface area contributed by atoms with Crippen LogP contribution in [0.15, 0.2) is 12.1 Å². The summed E-state index contributed by atoms with van der Waals surface area (Å²) >= 11 is 3.03. The van der Waals surface area contributed by atoms with Gasteiger partial charge in [0, 0.05) is 22.7 Å². The van der Waals surface area contributed by atoms with Crippen LogP contribution in [0.3, 0.4) is 0 Å². The number of amides is 2. The van der Waals surface area contributed by atoms with Gasteiger partial charge in [0.1, 0.15) is 0 Å². The third-order valence-corrected chi connectivity index (χ3v) is 5.61. The molecule has 2 aromatic rings. The zero-order valence-electron chi connectivity index (χ0n) is 14.2. The van der Waals surface area contributed by atoms with Gasteiger partial charge in [0.2, 0.25) is 11.8 Å². The van der Waals surface area contributed by atoms with E-state index < -0.39 is 0 Å². The number of nitrogens with two attached hydrogens (primary N) is 1. The van der Waals surface area contributed by atoms with Crippen molar-refractivity contribution in [2.45, 2.75) is 40.3 Å². The van der Waals surface area contributed by atoms with Crippen molar-refractivity contribution in [1.29, 1.82) is 0 Å². The molecule has 0 radical (unpaired) electrons. The van der Waals surface area contributed by atoms with Crippen molar-refractivity contribution in [3.8, 4) is 10.6 Å². The Labute approximate surface area is 149 Å². The number of hydrogen-bond donors (Lipinski definition) is 3. The lowest BCUT2D eigenvalue weighted by Crippen LogP contribution is -2.34. The molecule has 0 saturated carbocycles. The topological polar surface area (TPSA) is 97.1 Å². The lowest BCUT2D eigenvalue weighted by atomic mass is 10.0. The Morgan fingerprint density at radius 3 is 2.62 bits per heavy atom. The Balaban J connectivity index is 2.11. The van der Waals surface area contributed by atoms with Crippen LogP contribution in [0.25, 0.3) is 10.6 Å². The minimum absolute atomic E-state index is 0.0527. The fourth-order valence-electron chi connectivity index (χ4n) is 1.95. The maximum atomic E-state index is 12.1. The number of nitrogens with zero attached hydrogens (tertiary/aromatic N) is 1. The van der Waals surface area contributed by atoms with Gasteiger partial charge in [-0.1, -0.05) is 6.92 Å². The second-order valence-electron chi connectivity index (χ2n) is 5.74. The molecule has 4 N–H and O–H groups in total. The molecule has 0 aliphatic carbocycles. The molecule has 2 unspecified atom stereocenters. The minimum Gasteiger partial charge on any atom is -0.351 e.